The first kappa shape index (κ1) is 12.9. The molecule has 0 unspecified atom stereocenters. The number of primary amides is 1. The molecule has 1 aromatic heterocycles. The highest BCUT2D eigenvalue weighted by Crippen LogP contribution is 2.29. The summed E-state index contributed by atoms with van der Waals surface area (Å²) in [5.74, 6) is -0.484. The molecule has 0 fully saturated rings. The molecular weight excluding hydrogens is 249 g/mol. The SMILES string of the molecule is NC(=O)NCCNc1c(F)cc(N)c2cccnc12. The summed E-state index contributed by atoms with van der Waals surface area (Å²) in [7, 11) is 0. The number of benzene rings is 1. The standard InChI is InChI=1S/C12H14FN5O/c13-8-6-9(14)7-2-1-3-16-10(7)11(8)17-4-5-18-12(15)19/h1-3,6,17H,4-5,14H2,(H3,15,18,19). The maximum Gasteiger partial charge on any atom is 0.312 e. The molecule has 100 valence electrons. The predicted octanol–water partition coefficient (Wildman–Crippen LogP) is 1.04. The molecule has 0 saturated heterocycles. The van der Waals surface area contributed by atoms with Gasteiger partial charge < -0.3 is 22.1 Å². The molecule has 0 saturated carbocycles. The number of nitrogens with one attached hydrogen (secondary N) is 2. The van der Waals surface area contributed by atoms with Crippen LogP contribution in [0.15, 0.2) is 24.4 Å². The Morgan fingerprint density at radius 3 is 2.95 bits per heavy atom. The van der Waals surface area contributed by atoms with Gasteiger partial charge in [-0.3, -0.25) is 4.98 Å². The summed E-state index contributed by atoms with van der Waals surface area (Å²) in [5, 5.41) is 5.95. The van der Waals surface area contributed by atoms with Crippen LogP contribution >= 0.6 is 0 Å². The number of nitrogens with two attached hydrogens (primary N) is 2. The molecule has 0 aliphatic rings. The Hall–Kier alpha value is -2.57. The lowest BCUT2D eigenvalue weighted by atomic mass is 10.1. The van der Waals surface area contributed by atoms with Crippen molar-refractivity contribution in [2.45, 2.75) is 0 Å². The number of nitrogen functional groups attached to an aromatic ring is 1. The normalized spacial score (nSPS) is 10.4. The second-order valence-corrected chi connectivity index (χ2v) is 3.94. The topological polar surface area (TPSA) is 106 Å². The molecule has 7 heteroatoms. The van der Waals surface area contributed by atoms with E-state index in [4.69, 9.17) is 11.5 Å². The molecule has 0 atom stereocenters. The van der Waals surface area contributed by atoms with Crippen molar-refractivity contribution in [3.05, 3.63) is 30.2 Å². The maximum absolute atomic E-state index is 13.9. The molecule has 0 spiro atoms. The van der Waals surface area contributed by atoms with E-state index in [0.29, 0.717) is 23.1 Å². The van der Waals surface area contributed by atoms with E-state index in [-0.39, 0.29) is 12.2 Å². The molecule has 2 amide bonds. The van der Waals surface area contributed by atoms with E-state index in [1.54, 1.807) is 18.3 Å². The van der Waals surface area contributed by atoms with Crippen LogP contribution in [-0.2, 0) is 0 Å². The van der Waals surface area contributed by atoms with Crippen molar-refractivity contribution in [1.82, 2.24) is 10.3 Å². The molecule has 6 N–H and O–H groups in total. The van der Waals surface area contributed by atoms with Gasteiger partial charge in [0, 0.05) is 30.4 Å². The van der Waals surface area contributed by atoms with Gasteiger partial charge in [-0.15, -0.1) is 0 Å². The monoisotopic (exact) mass is 263 g/mol. The zero-order valence-electron chi connectivity index (χ0n) is 10.1. The zero-order chi connectivity index (χ0) is 13.8. The smallest absolute Gasteiger partial charge is 0.312 e. The van der Waals surface area contributed by atoms with Crippen molar-refractivity contribution in [2.75, 3.05) is 24.1 Å². The molecule has 1 heterocycles. The minimum absolute atomic E-state index is 0.260. The maximum atomic E-state index is 13.9. The fraction of sp³-hybridized carbons (Fsp3) is 0.167. The van der Waals surface area contributed by atoms with Crippen LogP contribution in [0.1, 0.15) is 0 Å². The molecule has 19 heavy (non-hydrogen) atoms. The molecule has 6 nitrogen and oxygen atoms in total. The number of anilines is 2. The number of hydrogen-bond donors (Lipinski definition) is 4. The lowest BCUT2D eigenvalue weighted by molar-refractivity contribution is 0.249. The fourth-order valence-corrected chi connectivity index (χ4v) is 1.78. The Balaban J connectivity index is 2.24. The summed E-state index contributed by atoms with van der Waals surface area (Å²) in [6.45, 7) is 0.614. The third-order valence-electron chi connectivity index (χ3n) is 2.60. The number of fused-ring (bicyclic) bond motifs is 1. The highest BCUT2D eigenvalue weighted by molar-refractivity contribution is 5.98. The fourth-order valence-electron chi connectivity index (χ4n) is 1.78. The first-order chi connectivity index (χ1) is 9.09. The van der Waals surface area contributed by atoms with Crippen LogP contribution < -0.4 is 22.1 Å². The van der Waals surface area contributed by atoms with E-state index in [2.05, 4.69) is 15.6 Å². The Labute approximate surface area is 109 Å². The van der Waals surface area contributed by atoms with Crippen molar-refractivity contribution in [3.63, 3.8) is 0 Å². The summed E-state index contributed by atoms with van der Waals surface area (Å²) in [4.78, 5) is 14.6. The molecule has 2 rings (SSSR count). The van der Waals surface area contributed by atoms with E-state index in [1.807, 2.05) is 0 Å². The predicted molar refractivity (Wildman–Crippen MR) is 72.2 cm³/mol. The molecular formula is C12H14FN5O. The molecule has 1 aromatic carbocycles. The van der Waals surface area contributed by atoms with Gasteiger partial charge in [-0.05, 0) is 18.2 Å². The zero-order valence-corrected chi connectivity index (χ0v) is 10.1. The number of carbonyl (C=O) groups excluding carboxylic acids is 1. The summed E-state index contributed by atoms with van der Waals surface area (Å²) in [5.41, 5.74) is 11.7. The summed E-state index contributed by atoms with van der Waals surface area (Å²) >= 11 is 0. The molecule has 0 aliphatic carbocycles. The van der Waals surface area contributed by atoms with Gasteiger partial charge in [-0.2, -0.15) is 0 Å². The molecule has 0 bridgehead atoms. The third-order valence-corrected chi connectivity index (χ3v) is 2.60. The largest absolute Gasteiger partial charge is 0.398 e. The van der Waals surface area contributed by atoms with Crippen LogP contribution in [0.3, 0.4) is 0 Å². The number of urea groups is 1. The number of hydrogen-bond acceptors (Lipinski definition) is 4. The van der Waals surface area contributed by atoms with E-state index in [0.717, 1.165) is 0 Å². The van der Waals surface area contributed by atoms with E-state index in [9.17, 15) is 9.18 Å². The van der Waals surface area contributed by atoms with E-state index in [1.165, 1.54) is 6.07 Å². The van der Waals surface area contributed by atoms with Gasteiger partial charge in [0.2, 0.25) is 0 Å². The van der Waals surface area contributed by atoms with Gasteiger partial charge in [0.15, 0.2) is 5.82 Å². The number of amides is 2. The van der Waals surface area contributed by atoms with Crippen molar-refractivity contribution >= 4 is 28.3 Å². The Kier molecular flexibility index (Phi) is 3.65. The summed E-state index contributed by atoms with van der Waals surface area (Å²) in [6, 6.07) is 4.12. The Morgan fingerprint density at radius 1 is 1.42 bits per heavy atom. The minimum atomic E-state index is -0.623. The van der Waals surface area contributed by atoms with Gasteiger partial charge in [0.25, 0.3) is 0 Å². The van der Waals surface area contributed by atoms with Crippen molar-refractivity contribution in [2.24, 2.45) is 5.73 Å². The van der Waals surface area contributed by atoms with Crippen LogP contribution in [0, 0.1) is 5.82 Å². The lowest BCUT2D eigenvalue weighted by Gasteiger charge is -2.11. The lowest BCUT2D eigenvalue weighted by Crippen LogP contribution is -2.33. The molecule has 0 aliphatic heterocycles. The van der Waals surface area contributed by atoms with Crippen LogP contribution in [-0.4, -0.2) is 24.1 Å². The number of halogens is 1. The number of pyridine rings is 1. The number of rotatable bonds is 4. The average Bonchev–Trinajstić information content (AvgIpc) is 2.37. The molecule has 2 aromatic rings. The molecule has 0 radical (unpaired) electrons. The summed E-state index contributed by atoms with van der Waals surface area (Å²) < 4.78 is 13.9. The highest BCUT2D eigenvalue weighted by Gasteiger charge is 2.11. The Morgan fingerprint density at radius 2 is 2.21 bits per heavy atom. The van der Waals surface area contributed by atoms with E-state index < -0.39 is 11.8 Å². The number of nitrogens with zero attached hydrogens (tertiary/aromatic N) is 1. The van der Waals surface area contributed by atoms with Gasteiger partial charge in [0.05, 0.1) is 11.2 Å². The van der Waals surface area contributed by atoms with Crippen LogP contribution in [0.5, 0.6) is 0 Å². The van der Waals surface area contributed by atoms with Crippen LogP contribution in [0.2, 0.25) is 0 Å². The van der Waals surface area contributed by atoms with Gasteiger partial charge in [-0.1, -0.05) is 0 Å². The number of carbonyl (C=O) groups is 1. The summed E-state index contributed by atoms with van der Waals surface area (Å²) in [6.07, 6.45) is 1.56. The quantitative estimate of drug-likeness (QED) is 0.488. The van der Waals surface area contributed by atoms with Crippen LogP contribution in [0.4, 0.5) is 20.6 Å². The van der Waals surface area contributed by atoms with Crippen LogP contribution in [0.25, 0.3) is 10.9 Å². The van der Waals surface area contributed by atoms with Crippen molar-refractivity contribution in [3.8, 4) is 0 Å². The minimum Gasteiger partial charge on any atom is -0.398 e. The second-order valence-electron chi connectivity index (χ2n) is 3.94. The third kappa shape index (κ3) is 2.82. The van der Waals surface area contributed by atoms with Crippen molar-refractivity contribution < 1.29 is 9.18 Å². The van der Waals surface area contributed by atoms with Crippen molar-refractivity contribution in [1.29, 1.82) is 0 Å². The first-order valence-corrected chi connectivity index (χ1v) is 5.69. The number of aromatic nitrogens is 1. The second kappa shape index (κ2) is 5.38. The van der Waals surface area contributed by atoms with Gasteiger partial charge >= 0.3 is 6.03 Å². The van der Waals surface area contributed by atoms with E-state index >= 15 is 0 Å². The van der Waals surface area contributed by atoms with Gasteiger partial charge in [-0.25, -0.2) is 9.18 Å². The average molecular weight is 263 g/mol. The van der Waals surface area contributed by atoms with Gasteiger partial charge in [0.1, 0.15) is 0 Å². The highest BCUT2D eigenvalue weighted by atomic mass is 19.1. The first-order valence-electron chi connectivity index (χ1n) is 5.69. The Bertz CT molecular complexity index is 616.